The number of carbonyl (C=O) groups is 3. The molecule has 1 aliphatic carbocycles. The van der Waals surface area contributed by atoms with E-state index in [2.05, 4.69) is 22.8 Å². The molecule has 0 aromatic heterocycles. The van der Waals surface area contributed by atoms with Crippen LogP contribution in [0.2, 0.25) is 0 Å². The number of carboxylic acid groups (broad SMARTS) is 1. The maximum Gasteiger partial charge on any atom is 0.303 e. The zero-order valence-corrected chi connectivity index (χ0v) is 20.6. The number of amides is 2. The molecule has 2 heterocycles. The minimum Gasteiger partial charge on any atom is -0.481 e. The first kappa shape index (κ1) is 26.7. The maximum atomic E-state index is 12.3. The van der Waals surface area contributed by atoms with Gasteiger partial charge in [0.2, 0.25) is 11.8 Å². The largest absolute Gasteiger partial charge is 0.481 e. The van der Waals surface area contributed by atoms with E-state index in [0.29, 0.717) is 31.2 Å². The third kappa shape index (κ3) is 9.05. The predicted molar refractivity (Wildman–Crippen MR) is 131 cm³/mol. The van der Waals surface area contributed by atoms with Crippen molar-refractivity contribution in [2.75, 3.05) is 13.1 Å². The van der Waals surface area contributed by atoms with Gasteiger partial charge in [0.1, 0.15) is 0 Å². The number of rotatable bonds is 15. The Balaban J connectivity index is 1.27. The standard InChI is InChI=1S/C27H44N2O5/c30-25(14-9-8-12-20-10-4-3-5-11-20)29-19-26(31)28-18-22-21(23-16-17-24(22)34-23)13-6-1-2-7-15-27(32)33/h1,6,20-24H,2-5,7-19H2,(H,28,31)(H,29,30)(H,32,33)/b6-1-/t21-,22?,23+,24-/m1/s1. The van der Waals surface area contributed by atoms with Crippen molar-refractivity contribution in [3.8, 4) is 0 Å². The van der Waals surface area contributed by atoms with E-state index >= 15 is 0 Å². The molecule has 0 radical (unpaired) electrons. The van der Waals surface area contributed by atoms with E-state index in [4.69, 9.17) is 9.84 Å². The zero-order chi connectivity index (χ0) is 24.2. The van der Waals surface area contributed by atoms with E-state index < -0.39 is 5.97 Å². The Morgan fingerprint density at radius 1 is 0.824 bits per heavy atom. The minimum absolute atomic E-state index is 0.0343. The van der Waals surface area contributed by atoms with Crippen molar-refractivity contribution in [2.45, 2.75) is 109 Å². The number of carboxylic acids is 1. The molecule has 3 fully saturated rings. The molecule has 192 valence electrons. The second-order valence-corrected chi connectivity index (χ2v) is 10.4. The Morgan fingerprint density at radius 3 is 2.35 bits per heavy atom. The van der Waals surface area contributed by atoms with Gasteiger partial charge in [0.05, 0.1) is 18.8 Å². The van der Waals surface area contributed by atoms with Crippen LogP contribution in [0, 0.1) is 17.8 Å². The fourth-order valence-electron chi connectivity index (χ4n) is 5.98. The molecule has 7 heteroatoms. The molecule has 1 unspecified atom stereocenters. The van der Waals surface area contributed by atoms with Gasteiger partial charge in [-0.3, -0.25) is 14.4 Å². The first-order valence-corrected chi connectivity index (χ1v) is 13.6. The zero-order valence-electron chi connectivity index (χ0n) is 20.6. The topological polar surface area (TPSA) is 105 Å². The molecular formula is C27H44N2O5. The summed E-state index contributed by atoms with van der Waals surface area (Å²) >= 11 is 0. The molecule has 1 saturated carbocycles. The molecule has 34 heavy (non-hydrogen) atoms. The Morgan fingerprint density at radius 2 is 1.59 bits per heavy atom. The van der Waals surface area contributed by atoms with Crippen LogP contribution in [0.3, 0.4) is 0 Å². The minimum atomic E-state index is -0.753. The molecule has 2 bridgehead atoms. The van der Waals surface area contributed by atoms with Crippen molar-refractivity contribution < 1.29 is 24.2 Å². The molecule has 2 aliphatic heterocycles. The van der Waals surface area contributed by atoms with E-state index in [1.54, 1.807) is 0 Å². The summed E-state index contributed by atoms with van der Waals surface area (Å²) in [7, 11) is 0. The highest BCUT2D eigenvalue weighted by molar-refractivity contribution is 5.84. The van der Waals surface area contributed by atoms with Gasteiger partial charge in [-0.05, 0) is 50.4 Å². The predicted octanol–water partition coefficient (Wildman–Crippen LogP) is 4.35. The van der Waals surface area contributed by atoms with Crippen LogP contribution >= 0.6 is 0 Å². The summed E-state index contributed by atoms with van der Waals surface area (Å²) in [6.45, 7) is 0.617. The second kappa shape index (κ2) is 14.5. The number of hydrogen-bond donors (Lipinski definition) is 3. The lowest BCUT2D eigenvalue weighted by Gasteiger charge is -2.27. The average molecular weight is 477 g/mol. The van der Waals surface area contributed by atoms with Gasteiger partial charge < -0.3 is 20.5 Å². The Labute approximate surface area is 204 Å². The third-order valence-corrected chi connectivity index (χ3v) is 7.90. The average Bonchev–Trinajstić information content (AvgIpc) is 3.44. The highest BCUT2D eigenvalue weighted by atomic mass is 16.5. The molecule has 2 saturated heterocycles. The summed E-state index contributed by atoms with van der Waals surface area (Å²) in [5, 5.41) is 14.5. The summed E-state index contributed by atoms with van der Waals surface area (Å²) in [4.78, 5) is 35.0. The second-order valence-electron chi connectivity index (χ2n) is 10.4. The van der Waals surface area contributed by atoms with Crippen molar-refractivity contribution in [2.24, 2.45) is 17.8 Å². The van der Waals surface area contributed by atoms with Crippen LogP contribution in [0.4, 0.5) is 0 Å². The van der Waals surface area contributed by atoms with Crippen molar-refractivity contribution in [3.05, 3.63) is 12.2 Å². The first-order chi connectivity index (χ1) is 16.5. The Kier molecular flexibility index (Phi) is 11.4. The number of hydrogen-bond acceptors (Lipinski definition) is 4. The van der Waals surface area contributed by atoms with Gasteiger partial charge in [0.15, 0.2) is 0 Å². The molecule has 3 N–H and O–H groups in total. The van der Waals surface area contributed by atoms with Crippen molar-refractivity contribution >= 4 is 17.8 Å². The number of ether oxygens (including phenoxy) is 1. The van der Waals surface area contributed by atoms with E-state index in [-0.39, 0.29) is 37.0 Å². The van der Waals surface area contributed by atoms with E-state index in [9.17, 15) is 14.4 Å². The quantitative estimate of drug-likeness (QED) is 0.241. The van der Waals surface area contributed by atoms with Crippen LogP contribution in [0.25, 0.3) is 0 Å². The van der Waals surface area contributed by atoms with Gasteiger partial charge in [-0.15, -0.1) is 0 Å². The fourth-order valence-corrected chi connectivity index (χ4v) is 5.98. The monoisotopic (exact) mass is 476 g/mol. The normalized spacial score (nSPS) is 26.7. The molecule has 2 amide bonds. The van der Waals surface area contributed by atoms with Crippen LogP contribution in [-0.2, 0) is 19.1 Å². The van der Waals surface area contributed by atoms with Crippen molar-refractivity contribution in [1.82, 2.24) is 10.6 Å². The lowest BCUT2D eigenvalue weighted by molar-refractivity contribution is -0.137. The van der Waals surface area contributed by atoms with Crippen molar-refractivity contribution in [3.63, 3.8) is 0 Å². The van der Waals surface area contributed by atoms with Crippen LogP contribution in [-0.4, -0.2) is 48.2 Å². The van der Waals surface area contributed by atoms with Crippen LogP contribution < -0.4 is 10.6 Å². The summed E-state index contributed by atoms with van der Waals surface area (Å²) in [5.41, 5.74) is 0. The lowest BCUT2D eigenvalue weighted by atomic mass is 9.77. The van der Waals surface area contributed by atoms with E-state index in [0.717, 1.165) is 44.4 Å². The van der Waals surface area contributed by atoms with Gasteiger partial charge in [-0.2, -0.15) is 0 Å². The summed E-state index contributed by atoms with van der Waals surface area (Å²) < 4.78 is 6.10. The molecular weight excluding hydrogens is 432 g/mol. The van der Waals surface area contributed by atoms with Crippen LogP contribution in [0.1, 0.15) is 96.3 Å². The first-order valence-electron chi connectivity index (χ1n) is 13.6. The van der Waals surface area contributed by atoms with E-state index in [1.807, 2.05) is 0 Å². The molecule has 3 rings (SSSR count). The van der Waals surface area contributed by atoms with Gasteiger partial charge in [0, 0.05) is 25.3 Å². The molecule has 4 atom stereocenters. The number of aliphatic carboxylic acids is 1. The Bertz CT molecular complexity index is 689. The number of fused-ring (bicyclic) bond motifs is 2. The molecule has 7 nitrogen and oxygen atoms in total. The van der Waals surface area contributed by atoms with Crippen LogP contribution in [0.15, 0.2) is 12.2 Å². The molecule has 0 aromatic carbocycles. The van der Waals surface area contributed by atoms with Gasteiger partial charge in [-0.25, -0.2) is 0 Å². The summed E-state index contributed by atoms with van der Waals surface area (Å²) in [6, 6.07) is 0. The molecule has 3 aliphatic rings. The number of allylic oxidation sites excluding steroid dienone is 2. The fraction of sp³-hybridized carbons (Fsp3) is 0.815. The van der Waals surface area contributed by atoms with Crippen molar-refractivity contribution in [1.29, 1.82) is 0 Å². The molecule has 0 spiro atoms. The maximum absolute atomic E-state index is 12.3. The van der Waals surface area contributed by atoms with E-state index in [1.165, 1.54) is 38.5 Å². The highest BCUT2D eigenvalue weighted by Crippen LogP contribution is 2.44. The van der Waals surface area contributed by atoms with Crippen LogP contribution in [0.5, 0.6) is 0 Å². The summed E-state index contributed by atoms with van der Waals surface area (Å²) in [6.07, 6.45) is 19.8. The van der Waals surface area contributed by atoms with Gasteiger partial charge >= 0.3 is 5.97 Å². The molecule has 0 aromatic rings. The SMILES string of the molecule is O=C(O)CCC/C=C\C[C@@H]1C(CNC(=O)CNC(=O)CCCCC2CCCCC2)[C@H]2CC[C@@H]1O2. The highest BCUT2D eigenvalue weighted by Gasteiger charge is 2.47. The smallest absolute Gasteiger partial charge is 0.303 e. The number of nitrogens with one attached hydrogen (secondary N) is 2. The number of carbonyl (C=O) groups excluding carboxylic acids is 2. The number of unbranched alkanes of at least 4 members (excludes halogenated alkanes) is 2. The Hall–Kier alpha value is -1.89. The van der Waals surface area contributed by atoms with Gasteiger partial charge in [-0.1, -0.05) is 57.1 Å². The lowest BCUT2D eigenvalue weighted by Crippen LogP contribution is -2.42. The summed E-state index contributed by atoms with van der Waals surface area (Å²) in [5.74, 6) is 0.606. The van der Waals surface area contributed by atoms with Gasteiger partial charge in [0.25, 0.3) is 0 Å². The third-order valence-electron chi connectivity index (χ3n) is 7.90.